The highest BCUT2D eigenvalue weighted by Gasteiger charge is 2.13. The predicted octanol–water partition coefficient (Wildman–Crippen LogP) is 0.734. The van der Waals surface area contributed by atoms with Gasteiger partial charge in [0.25, 0.3) is 5.91 Å². The van der Waals surface area contributed by atoms with Crippen molar-refractivity contribution in [2.75, 3.05) is 27.9 Å². The smallest absolute Gasteiger partial charge is 0.269 e. The summed E-state index contributed by atoms with van der Waals surface area (Å²) in [6.45, 7) is -0.0721. The molecule has 0 aliphatic carbocycles. The molecule has 2 N–H and O–H groups in total. The second-order valence-corrected chi connectivity index (χ2v) is 3.56. The van der Waals surface area contributed by atoms with Crippen LogP contribution in [0.3, 0.4) is 0 Å². The Morgan fingerprint density at radius 2 is 1.74 bits per heavy atom. The number of rotatable bonds is 7. The zero-order valence-electron chi connectivity index (χ0n) is 11.1. The summed E-state index contributed by atoms with van der Waals surface area (Å²) in [6, 6.07) is 3.44. The van der Waals surface area contributed by atoms with Gasteiger partial charge in [-0.2, -0.15) is 0 Å². The van der Waals surface area contributed by atoms with Gasteiger partial charge in [0.2, 0.25) is 5.75 Å². The first kappa shape index (κ1) is 15.1. The Morgan fingerprint density at radius 3 is 2.16 bits per heavy atom. The summed E-state index contributed by atoms with van der Waals surface area (Å²) in [5.41, 5.74) is 2.23. The maximum atomic E-state index is 10.8. The topological polar surface area (TPSA) is 86.3 Å². The molecule has 7 nitrogen and oxygen atoms in total. The number of amides is 1. The molecule has 0 spiro atoms. The normalized spacial score (nSPS) is 9.89. The lowest BCUT2D eigenvalue weighted by atomic mass is 10.2. The van der Waals surface area contributed by atoms with E-state index in [0.717, 1.165) is 5.56 Å². The maximum absolute atomic E-state index is 10.8. The van der Waals surface area contributed by atoms with Crippen molar-refractivity contribution in [2.45, 2.75) is 6.61 Å². The second kappa shape index (κ2) is 7.45. The van der Waals surface area contributed by atoms with Gasteiger partial charge in [0, 0.05) is 0 Å². The standard InChI is InChI=1S/C12H17NO6/c1-16-9-4-8(6-19-7-11(14)13-15)5-10(17-2)12(9)18-3/h4-5,15H,6-7H2,1-3H3,(H,13,14). The highest BCUT2D eigenvalue weighted by molar-refractivity contribution is 5.75. The average molecular weight is 271 g/mol. The minimum absolute atomic E-state index is 0.171. The number of ether oxygens (including phenoxy) is 4. The zero-order valence-corrected chi connectivity index (χ0v) is 11.1. The Kier molecular flexibility index (Phi) is 5.91. The van der Waals surface area contributed by atoms with Crippen molar-refractivity contribution >= 4 is 5.91 Å². The summed E-state index contributed by atoms with van der Waals surface area (Å²) in [6.07, 6.45) is 0. The molecule has 1 aromatic carbocycles. The molecule has 0 unspecified atom stereocenters. The number of methoxy groups -OCH3 is 3. The molecule has 7 heteroatoms. The molecule has 0 atom stereocenters. The van der Waals surface area contributed by atoms with Crippen LogP contribution in [0.2, 0.25) is 0 Å². The highest BCUT2D eigenvalue weighted by atomic mass is 16.5. The van der Waals surface area contributed by atoms with Crippen LogP contribution >= 0.6 is 0 Å². The van der Waals surface area contributed by atoms with Crippen LogP contribution in [0, 0.1) is 0 Å². The fraction of sp³-hybridized carbons (Fsp3) is 0.417. The van der Waals surface area contributed by atoms with E-state index < -0.39 is 5.91 Å². The van der Waals surface area contributed by atoms with Crippen molar-refractivity contribution in [1.82, 2.24) is 5.48 Å². The van der Waals surface area contributed by atoms with E-state index in [0.29, 0.717) is 17.2 Å². The molecule has 1 rings (SSSR count). The summed E-state index contributed by atoms with van der Waals surface area (Å²) < 4.78 is 20.7. The van der Waals surface area contributed by atoms with Crippen LogP contribution in [0.15, 0.2) is 12.1 Å². The van der Waals surface area contributed by atoms with Crippen molar-refractivity contribution in [3.05, 3.63) is 17.7 Å². The van der Waals surface area contributed by atoms with Gasteiger partial charge in [-0.15, -0.1) is 0 Å². The fourth-order valence-electron chi connectivity index (χ4n) is 1.51. The summed E-state index contributed by atoms with van der Waals surface area (Å²) in [7, 11) is 4.55. The van der Waals surface area contributed by atoms with Crippen LogP contribution in [0.1, 0.15) is 5.56 Å². The van der Waals surface area contributed by atoms with Gasteiger partial charge in [0.05, 0.1) is 27.9 Å². The number of hydrogen-bond donors (Lipinski definition) is 2. The SMILES string of the molecule is COc1cc(COCC(=O)NO)cc(OC)c1OC. The lowest BCUT2D eigenvalue weighted by Gasteiger charge is -2.14. The number of hydroxylamine groups is 1. The van der Waals surface area contributed by atoms with Gasteiger partial charge in [-0.05, 0) is 17.7 Å². The summed E-state index contributed by atoms with van der Waals surface area (Å²) in [4.78, 5) is 10.8. The second-order valence-electron chi connectivity index (χ2n) is 3.56. The summed E-state index contributed by atoms with van der Waals surface area (Å²) >= 11 is 0. The Hall–Kier alpha value is -1.99. The molecule has 0 saturated heterocycles. The number of nitrogens with one attached hydrogen (secondary N) is 1. The van der Waals surface area contributed by atoms with E-state index in [9.17, 15) is 4.79 Å². The monoisotopic (exact) mass is 271 g/mol. The lowest BCUT2D eigenvalue weighted by molar-refractivity contribution is -0.134. The molecule has 0 bridgehead atoms. The van der Waals surface area contributed by atoms with Crippen molar-refractivity contribution < 1.29 is 28.9 Å². The third-order valence-corrected chi connectivity index (χ3v) is 2.35. The molecule has 106 valence electrons. The number of benzene rings is 1. The number of carbonyl (C=O) groups is 1. The van der Waals surface area contributed by atoms with E-state index in [4.69, 9.17) is 24.2 Å². The van der Waals surface area contributed by atoms with Crippen LogP contribution in [0.4, 0.5) is 0 Å². The molecule has 0 saturated carbocycles. The largest absolute Gasteiger partial charge is 0.493 e. The van der Waals surface area contributed by atoms with Crippen molar-refractivity contribution in [2.24, 2.45) is 0 Å². The van der Waals surface area contributed by atoms with E-state index in [1.807, 2.05) is 0 Å². The van der Waals surface area contributed by atoms with Crippen LogP contribution in [-0.2, 0) is 16.1 Å². The van der Waals surface area contributed by atoms with E-state index >= 15 is 0 Å². The van der Waals surface area contributed by atoms with Gasteiger partial charge >= 0.3 is 0 Å². The third-order valence-electron chi connectivity index (χ3n) is 2.35. The average Bonchev–Trinajstić information content (AvgIpc) is 2.45. The number of hydrogen-bond acceptors (Lipinski definition) is 6. The molecule has 1 amide bonds. The highest BCUT2D eigenvalue weighted by Crippen LogP contribution is 2.38. The summed E-state index contributed by atoms with van der Waals surface area (Å²) in [5, 5.41) is 8.33. The number of carbonyl (C=O) groups excluding carboxylic acids is 1. The van der Waals surface area contributed by atoms with E-state index in [2.05, 4.69) is 0 Å². The van der Waals surface area contributed by atoms with Gasteiger partial charge < -0.3 is 18.9 Å². The van der Waals surface area contributed by atoms with Gasteiger partial charge in [-0.1, -0.05) is 0 Å². The van der Waals surface area contributed by atoms with E-state index in [-0.39, 0.29) is 13.2 Å². The Bertz CT molecular complexity index is 409. The first-order valence-electron chi connectivity index (χ1n) is 5.45. The molecule has 0 fully saturated rings. The Morgan fingerprint density at radius 1 is 1.16 bits per heavy atom. The Balaban J connectivity index is 2.81. The van der Waals surface area contributed by atoms with Crippen LogP contribution in [-0.4, -0.2) is 39.1 Å². The molecular formula is C12H17NO6. The molecular weight excluding hydrogens is 254 g/mol. The third kappa shape index (κ3) is 4.01. The lowest BCUT2D eigenvalue weighted by Crippen LogP contribution is -2.23. The molecule has 1 aromatic rings. The fourth-order valence-corrected chi connectivity index (χ4v) is 1.51. The van der Waals surface area contributed by atoms with Gasteiger partial charge in [0.1, 0.15) is 6.61 Å². The first-order chi connectivity index (χ1) is 9.15. The molecule has 0 aliphatic heterocycles. The van der Waals surface area contributed by atoms with E-state index in [1.54, 1.807) is 12.1 Å². The minimum atomic E-state index is -0.618. The van der Waals surface area contributed by atoms with Gasteiger partial charge in [-0.3, -0.25) is 10.0 Å². The van der Waals surface area contributed by atoms with Crippen molar-refractivity contribution in [1.29, 1.82) is 0 Å². The van der Waals surface area contributed by atoms with Gasteiger partial charge in [-0.25, -0.2) is 5.48 Å². The van der Waals surface area contributed by atoms with Crippen molar-refractivity contribution in [3.63, 3.8) is 0 Å². The molecule has 0 radical (unpaired) electrons. The van der Waals surface area contributed by atoms with Gasteiger partial charge in [0.15, 0.2) is 11.5 Å². The van der Waals surface area contributed by atoms with Crippen LogP contribution < -0.4 is 19.7 Å². The molecule has 19 heavy (non-hydrogen) atoms. The molecule has 0 heterocycles. The Labute approximate surface area is 111 Å². The predicted molar refractivity (Wildman–Crippen MR) is 65.7 cm³/mol. The minimum Gasteiger partial charge on any atom is -0.493 e. The zero-order chi connectivity index (χ0) is 14.3. The van der Waals surface area contributed by atoms with Crippen LogP contribution in [0.25, 0.3) is 0 Å². The van der Waals surface area contributed by atoms with E-state index in [1.165, 1.54) is 26.8 Å². The van der Waals surface area contributed by atoms with Crippen LogP contribution in [0.5, 0.6) is 17.2 Å². The summed E-state index contributed by atoms with van der Waals surface area (Å²) in [5.74, 6) is 0.883. The van der Waals surface area contributed by atoms with Crippen molar-refractivity contribution in [3.8, 4) is 17.2 Å². The first-order valence-corrected chi connectivity index (χ1v) is 5.45. The maximum Gasteiger partial charge on any atom is 0.269 e. The molecule has 0 aliphatic rings. The molecule has 0 aromatic heterocycles. The quantitative estimate of drug-likeness (QED) is 0.562.